The number of aliphatic imine (C=N–C) groups is 1. The fourth-order valence-corrected chi connectivity index (χ4v) is 2.80. The predicted octanol–water partition coefficient (Wildman–Crippen LogP) is 2.79. The van der Waals surface area contributed by atoms with Gasteiger partial charge in [0.05, 0.1) is 6.54 Å². The van der Waals surface area contributed by atoms with Gasteiger partial charge >= 0.3 is 0 Å². The molecule has 3 rings (SSSR count). The second-order valence-electron chi connectivity index (χ2n) is 6.16. The number of fused-ring (bicyclic) bond motifs is 1. The van der Waals surface area contributed by atoms with E-state index >= 15 is 0 Å². The molecule has 0 aliphatic carbocycles. The molecule has 1 amide bonds. The number of aromatic amines is 1. The van der Waals surface area contributed by atoms with Gasteiger partial charge in [0.1, 0.15) is 11.6 Å². The van der Waals surface area contributed by atoms with Crippen LogP contribution in [0, 0.1) is 11.6 Å². The van der Waals surface area contributed by atoms with Crippen LogP contribution in [0.15, 0.2) is 53.7 Å². The van der Waals surface area contributed by atoms with Crippen LogP contribution < -0.4 is 16.0 Å². The number of aromatic nitrogens is 1. The molecule has 0 unspecified atom stereocenters. The van der Waals surface area contributed by atoms with Crippen LogP contribution >= 0.6 is 0 Å². The van der Waals surface area contributed by atoms with Crippen LogP contribution in [0.5, 0.6) is 0 Å². The van der Waals surface area contributed by atoms with Crippen molar-refractivity contribution in [1.82, 2.24) is 15.6 Å². The summed E-state index contributed by atoms with van der Waals surface area (Å²) in [5.41, 5.74) is 2.34. The molecule has 0 aliphatic heterocycles. The molecule has 0 saturated carbocycles. The highest BCUT2D eigenvalue weighted by Gasteiger charge is 2.07. The lowest BCUT2D eigenvalue weighted by atomic mass is 10.1. The fraction of sp³-hybridized carbons (Fsp3) is 0.200. The zero-order valence-corrected chi connectivity index (χ0v) is 15.4. The van der Waals surface area contributed by atoms with E-state index in [-0.39, 0.29) is 24.1 Å². The van der Waals surface area contributed by atoms with Gasteiger partial charge in [-0.2, -0.15) is 0 Å². The van der Waals surface area contributed by atoms with Crippen molar-refractivity contribution in [2.24, 2.45) is 4.99 Å². The van der Waals surface area contributed by atoms with Crippen molar-refractivity contribution in [3.05, 3.63) is 65.9 Å². The van der Waals surface area contributed by atoms with Crippen molar-refractivity contribution in [2.75, 3.05) is 25.5 Å². The molecule has 0 bridgehead atoms. The first-order valence-corrected chi connectivity index (χ1v) is 8.80. The van der Waals surface area contributed by atoms with Crippen molar-refractivity contribution >= 4 is 28.5 Å². The molecule has 1 heterocycles. The summed E-state index contributed by atoms with van der Waals surface area (Å²) in [6.45, 7) is 0.604. The Bertz CT molecular complexity index is 982. The Morgan fingerprint density at radius 2 is 1.82 bits per heavy atom. The van der Waals surface area contributed by atoms with E-state index in [0.717, 1.165) is 16.5 Å². The number of nitrogens with zero attached hydrogens (tertiary/aromatic N) is 1. The van der Waals surface area contributed by atoms with Crippen LogP contribution in [0.25, 0.3) is 10.9 Å². The molecule has 146 valence electrons. The number of nitrogens with one attached hydrogen (secondary N) is 4. The molecule has 3 aromatic rings. The number of hydrogen-bond donors (Lipinski definition) is 4. The molecule has 0 aliphatic rings. The van der Waals surface area contributed by atoms with Gasteiger partial charge in [-0.1, -0.05) is 0 Å². The average Bonchev–Trinajstić information content (AvgIpc) is 3.08. The first-order chi connectivity index (χ1) is 13.5. The Labute approximate surface area is 161 Å². The van der Waals surface area contributed by atoms with Crippen molar-refractivity contribution < 1.29 is 13.6 Å². The lowest BCUT2D eigenvalue weighted by Crippen LogP contribution is -2.42. The Balaban J connectivity index is 1.45. The predicted molar refractivity (Wildman–Crippen MR) is 106 cm³/mol. The van der Waals surface area contributed by atoms with Gasteiger partial charge in [-0.15, -0.1) is 0 Å². The zero-order chi connectivity index (χ0) is 19.9. The van der Waals surface area contributed by atoms with Gasteiger partial charge in [-0.25, -0.2) is 8.78 Å². The van der Waals surface area contributed by atoms with Gasteiger partial charge in [0.15, 0.2) is 5.96 Å². The van der Waals surface area contributed by atoms with Gasteiger partial charge < -0.3 is 20.9 Å². The molecule has 2 aromatic carbocycles. The molecule has 1 aromatic heterocycles. The Morgan fingerprint density at radius 1 is 1.07 bits per heavy atom. The average molecular weight is 385 g/mol. The fourth-order valence-electron chi connectivity index (χ4n) is 2.80. The van der Waals surface area contributed by atoms with E-state index in [9.17, 15) is 13.6 Å². The first kappa shape index (κ1) is 19.3. The Morgan fingerprint density at radius 3 is 2.57 bits per heavy atom. The number of hydrogen-bond acceptors (Lipinski definition) is 2. The van der Waals surface area contributed by atoms with Crippen LogP contribution in [-0.2, 0) is 11.2 Å². The molecule has 28 heavy (non-hydrogen) atoms. The minimum atomic E-state index is -0.360. The van der Waals surface area contributed by atoms with Crippen molar-refractivity contribution in [3.63, 3.8) is 0 Å². The second-order valence-corrected chi connectivity index (χ2v) is 6.16. The lowest BCUT2D eigenvalue weighted by molar-refractivity contribution is -0.115. The third-order valence-corrected chi connectivity index (χ3v) is 4.18. The quantitative estimate of drug-likeness (QED) is 0.389. The van der Waals surface area contributed by atoms with Gasteiger partial charge in [0.2, 0.25) is 5.91 Å². The van der Waals surface area contributed by atoms with Gasteiger partial charge in [0.25, 0.3) is 0 Å². The van der Waals surface area contributed by atoms with E-state index in [0.29, 0.717) is 24.6 Å². The third kappa shape index (κ3) is 5.06. The van der Waals surface area contributed by atoms with Crippen LogP contribution in [0.2, 0.25) is 0 Å². The molecule has 0 saturated heterocycles. The molecule has 0 radical (unpaired) electrons. The highest BCUT2D eigenvalue weighted by atomic mass is 19.1. The van der Waals surface area contributed by atoms with E-state index in [1.54, 1.807) is 13.1 Å². The van der Waals surface area contributed by atoms with E-state index in [4.69, 9.17) is 0 Å². The molecule has 0 atom stereocenters. The van der Waals surface area contributed by atoms with E-state index in [2.05, 4.69) is 25.9 Å². The summed E-state index contributed by atoms with van der Waals surface area (Å²) in [5.74, 6) is -0.419. The number of carbonyl (C=O) groups excluding carboxylic acids is 1. The summed E-state index contributed by atoms with van der Waals surface area (Å²) in [5, 5.41) is 9.70. The largest absolute Gasteiger partial charge is 0.361 e. The van der Waals surface area contributed by atoms with Crippen LogP contribution in [0.4, 0.5) is 14.5 Å². The Hall–Kier alpha value is -3.42. The number of benzene rings is 2. The van der Waals surface area contributed by atoms with E-state index in [1.165, 1.54) is 36.4 Å². The topological polar surface area (TPSA) is 81.3 Å². The van der Waals surface area contributed by atoms with Gasteiger partial charge in [0, 0.05) is 36.4 Å². The van der Waals surface area contributed by atoms with E-state index in [1.807, 2.05) is 6.20 Å². The first-order valence-electron chi connectivity index (χ1n) is 8.80. The summed E-state index contributed by atoms with van der Waals surface area (Å²) < 4.78 is 26.1. The molecular formula is C20H21F2N5O. The highest BCUT2D eigenvalue weighted by molar-refractivity contribution is 5.95. The molecular weight excluding hydrogens is 364 g/mol. The summed E-state index contributed by atoms with van der Waals surface area (Å²) in [7, 11) is 1.61. The molecule has 8 heteroatoms. The van der Waals surface area contributed by atoms with Gasteiger partial charge in [-0.05, 0) is 54.4 Å². The minimum absolute atomic E-state index is 0.0173. The summed E-state index contributed by atoms with van der Waals surface area (Å²) >= 11 is 0. The van der Waals surface area contributed by atoms with Crippen molar-refractivity contribution in [3.8, 4) is 0 Å². The standard InChI is InChI=1S/C20H21F2N5O/c1-23-20(26-12-19(28)27-16-5-2-14(21)3-6-16)24-9-8-13-11-25-18-10-15(22)4-7-17(13)18/h2-7,10-11,25H,8-9,12H2,1H3,(H,27,28)(H2,23,24,26). The highest BCUT2D eigenvalue weighted by Crippen LogP contribution is 2.19. The molecule has 4 N–H and O–H groups in total. The number of rotatable bonds is 6. The summed E-state index contributed by atoms with van der Waals surface area (Å²) in [6.07, 6.45) is 2.56. The van der Waals surface area contributed by atoms with E-state index < -0.39 is 0 Å². The van der Waals surface area contributed by atoms with Crippen LogP contribution in [0.1, 0.15) is 5.56 Å². The summed E-state index contributed by atoms with van der Waals surface area (Å²) in [6, 6.07) is 10.2. The number of carbonyl (C=O) groups is 1. The number of amides is 1. The maximum atomic E-state index is 13.2. The molecule has 6 nitrogen and oxygen atoms in total. The monoisotopic (exact) mass is 385 g/mol. The second kappa shape index (κ2) is 8.98. The Kier molecular flexibility index (Phi) is 6.21. The van der Waals surface area contributed by atoms with Crippen LogP contribution in [0.3, 0.4) is 0 Å². The number of halogens is 2. The minimum Gasteiger partial charge on any atom is -0.361 e. The summed E-state index contributed by atoms with van der Waals surface area (Å²) in [4.78, 5) is 19.1. The smallest absolute Gasteiger partial charge is 0.243 e. The number of H-pyrrole nitrogens is 1. The SMILES string of the molecule is CN=C(NCCc1c[nH]c2cc(F)ccc12)NCC(=O)Nc1ccc(F)cc1. The zero-order valence-electron chi connectivity index (χ0n) is 15.4. The van der Waals surface area contributed by atoms with Crippen molar-refractivity contribution in [2.45, 2.75) is 6.42 Å². The van der Waals surface area contributed by atoms with Gasteiger partial charge in [-0.3, -0.25) is 9.79 Å². The third-order valence-electron chi connectivity index (χ3n) is 4.18. The maximum Gasteiger partial charge on any atom is 0.243 e. The number of guanidine groups is 1. The molecule has 0 spiro atoms. The molecule has 0 fully saturated rings. The normalized spacial score (nSPS) is 11.5. The maximum absolute atomic E-state index is 13.2. The number of anilines is 1. The lowest BCUT2D eigenvalue weighted by Gasteiger charge is -2.12. The van der Waals surface area contributed by atoms with Crippen molar-refractivity contribution in [1.29, 1.82) is 0 Å². The van der Waals surface area contributed by atoms with Crippen LogP contribution in [-0.4, -0.2) is 37.0 Å².